The summed E-state index contributed by atoms with van der Waals surface area (Å²) in [6, 6.07) is 4.16. The maximum atomic E-state index is 13.5. The monoisotopic (exact) mass is 391 g/mol. The third-order valence-electron chi connectivity index (χ3n) is 5.99. The molecule has 28 heavy (non-hydrogen) atoms. The first-order chi connectivity index (χ1) is 13.4. The fourth-order valence-corrected chi connectivity index (χ4v) is 4.65. The Balaban J connectivity index is 1.55. The van der Waals surface area contributed by atoms with E-state index in [4.69, 9.17) is 9.47 Å². The van der Waals surface area contributed by atoms with Crippen LogP contribution in [0, 0.1) is 23.5 Å². The quantitative estimate of drug-likeness (QED) is 0.845. The van der Waals surface area contributed by atoms with Gasteiger partial charge in [-0.05, 0) is 36.5 Å². The van der Waals surface area contributed by atoms with Crippen LogP contribution in [0.1, 0.15) is 24.0 Å². The van der Waals surface area contributed by atoms with E-state index in [-0.39, 0.29) is 11.9 Å². The highest BCUT2D eigenvalue weighted by Gasteiger charge is 2.53. The number of rotatable bonds is 5. The van der Waals surface area contributed by atoms with Crippen molar-refractivity contribution in [3.8, 4) is 11.9 Å². The number of fused-ring (bicyclic) bond motifs is 1. The molecule has 0 spiro atoms. The van der Waals surface area contributed by atoms with Crippen molar-refractivity contribution in [2.24, 2.45) is 11.8 Å². The summed E-state index contributed by atoms with van der Waals surface area (Å²) >= 11 is 0. The highest BCUT2D eigenvalue weighted by molar-refractivity contribution is 5.34. The summed E-state index contributed by atoms with van der Waals surface area (Å²) < 4.78 is 37.1. The fourth-order valence-electron chi connectivity index (χ4n) is 4.65. The van der Waals surface area contributed by atoms with Crippen molar-refractivity contribution in [3.63, 3.8) is 0 Å². The van der Waals surface area contributed by atoms with Gasteiger partial charge in [-0.1, -0.05) is 6.07 Å². The second-order valence-corrected chi connectivity index (χ2v) is 7.55. The molecule has 2 fully saturated rings. The van der Waals surface area contributed by atoms with Crippen molar-refractivity contribution < 1.29 is 23.4 Å². The lowest BCUT2D eigenvalue weighted by Gasteiger charge is -2.31. The molecule has 0 unspecified atom stereocenters. The normalized spacial score (nSPS) is 27.0. The summed E-state index contributed by atoms with van der Waals surface area (Å²) in [6.07, 6.45) is 3.04. The van der Waals surface area contributed by atoms with Crippen LogP contribution >= 0.6 is 0 Å². The lowest BCUT2D eigenvalue weighted by molar-refractivity contribution is -0.00972. The molecule has 150 valence electrons. The van der Waals surface area contributed by atoms with Gasteiger partial charge < -0.3 is 14.6 Å². The van der Waals surface area contributed by atoms with Crippen molar-refractivity contribution in [2.45, 2.75) is 25.0 Å². The van der Waals surface area contributed by atoms with Crippen molar-refractivity contribution >= 4 is 0 Å². The zero-order valence-electron chi connectivity index (χ0n) is 15.9. The molecule has 2 heterocycles. The molecule has 0 amide bonds. The third kappa shape index (κ3) is 3.20. The summed E-state index contributed by atoms with van der Waals surface area (Å²) in [5.74, 6) is -1.07. The Kier molecular flexibility index (Phi) is 4.93. The van der Waals surface area contributed by atoms with Crippen LogP contribution in [0.25, 0.3) is 0 Å². The third-order valence-corrected chi connectivity index (χ3v) is 5.99. The van der Waals surface area contributed by atoms with Gasteiger partial charge in [0.05, 0.1) is 19.8 Å². The molecule has 1 aromatic carbocycles. The van der Waals surface area contributed by atoms with Crippen LogP contribution in [0.2, 0.25) is 0 Å². The fraction of sp³-hybridized carbons (Fsp3) is 0.500. The van der Waals surface area contributed by atoms with Crippen LogP contribution in [-0.4, -0.2) is 47.3 Å². The maximum Gasteiger partial charge on any atom is 0.319 e. The number of methoxy groups -OCH3 is 2. The van der Waals surface area contributed by atoms with Gasteiger partial charge in [-0.15, -0.1) is 0 Å². The number of aliphatic hydroxyl groups is 1. The summed E-state index contributed by atoms with van der Waals surface area (Å²) in [6.45, 7) is 1.96. The summed E-state index contributed by atoms with van der Waals surface area (Å²) in [7, 11) is 2.98. The Labute approximate surface area is 162 Å². The Morgan fingerprint density at radius 3 is 2.75 bits per heavy atom. The molecule has 1 aliphatic heterocycles. The van der Waals surface area contributed by atoms with E-state index in [9.17, 15) is 13.9 Å². The number of aromatic nitrogens is 2. The van der Waals surface area contributed by atoms with Crippen molar-refractivity contribution in [2.75, 3.05) is 27.3 Å². The van der Waals surface area contributed by atoms with Crippen LogP contribution in [0.15, 0.2) is 24.4 Å². The second-order valence-electron chi connectivity index (χ2n) is 7.55. The molecule has 0 bridgehead atoms. The van der Waals surface area contributed by atoms with E-state index in [1.54, 1.807) is 12.3 Å². The largest absolute Gasteiger partial charge is 0.481 e. The van der Waals surface area contributed by atoms with Gasteiger partial charge in [-0.2, -0.15) is 4.98 Å². The van der Waals surface area contributed by atoms with E-state index >= 15 is 0 Å². The molecular formula is C20H23F2N3O3. The maximum absolute atomic E-state index is 13.5. The number of hydrogen-bond donors (Lipinski definition) is 1. The minimum Gasteiger partial charge on any atom is -0.481 e. The van der Waals surface area contributed by atoms with Crippen molar-refractivity contribution in [1.29, 1.82) is 0 Å². The average Bonchev–Trinajstić information content (AvgIpc) is 3.24. The SMILES string of the molecule is COc1ncc([C@]2(O)CC[C@H]3CN(Cc4ccc(F)c(F)c4)C[C@H]32)c(OC)n1. The molecule has 6 nitrogen and oxygen atoms in total. The molecule has 1 N–H and O–H groups in total. The first-order valence-electron chi connectivity index (χ1n) is 9.28. The average molecular weight is 391 g/mol. The van der Waals surface area contributed by atoms with Gasteiger partial charge in [-0.25, -0.2) is 13.8 Å². The van der Waals surface area contributed by atoms with Crippen LogP contribution in [0.5, 0.6) is 11.9 Å². The van der Waals surface area contributed by atoms with Gasteiger partial charge in [0.15, 0.2) is 11.6 Å². The lowest BCUT2D eigenvalue weighted by Crippen LogP contribution is -2.35. The number of nitrogens with zero attached hydrogens (tertiary/aromatic N) is 3. The molecule has 1 saturated carbocycles. The lowest BCUT2D eigenvalue weighted by atomic mass is 9.83. The van der Waals surface area contributed by atoms with Gasteiger partial charge in [-0.3, -0.25) is 4.90 Å². The topological polar surface area (TPSA) is 67.7 Å². The Morgan fingerprint density at radius 1 is 1.21 bits per heavy atom. The van der Waals surface area contributed by atoms with E-state index in [1.807, 2.05) is 0 Å². The first-order valence-corrected chi connectivity index (χ1v) is 9.28. The van der Waals surface area contributed by atoms with E-state index in [0.29, 0.717) is 42.4 Å². The van der Waals surface area contributed by atoms with Crippen LogP contribution in [0.4, 0.5) is 8.78 Å². The summed E-state index contributed by atoms with van der Waals surface area (Å²) in [5.41, 5.74) is 0.191. The van der Waals surface area contributed by atoms with Crippen molar-refractivity contribution in [3.05, 3.63) is 47.2 Å². The van der Waals surface area contributed by atoms with Crippen molar-refractivity contribution in [1.82, 2.24) is 14.9 Å². The molecular weight excluding hydrogens is 368 g/mol. The summed E-state index contributed by atoms with van der Waals surface area (Å²) in [4.78, 5) is 10.5. The zero-order chi connectivity index (χ0) is 19.9. The number of likely N-dealkylation sites (tertiary alicyclic amines) is 1. The predicted molar refractivity (Wildman–Crippen MR) is 96.9 cm³/mol. The molecule has 2 aliphatic rings. The van der Waals surface area contributed by atoms with Gasteiger partial charge in [0.1, 0.15) is 5.60 Å². The Hall–Kier alpha value is -2.32. The standard InChI is InChI=1S/C20H23F2N3O3/c1-27-18-14(8-23-19(24-18)28-2)20(26)6-5-13-10-25(11-15(13)20)9-12-3-4-16(21)17(22)7-12/h3-4,7-8,13,15,26H,5-6,9-11H2,1-2H3/t13-,15+,20+/m0/s1. The van der Waals surface area contributed by atoms with E-state index in [1.165, 1.54) is 20.3 Å². The Bertz CT molecular complexity index is 882. The first kappa shape index (κ1) is 19.0. The van der Waals surface area contributed by atoms with Gasteiger partial charge >= 0.3 is 6.01 Å². The molecule has 1 saturated heterocycles. The number of ether oxygens (including phenoxy) is 2. The number of halogens is 2. The molecule has 1 aromatic heterocycles. The van der Waals surface area contributed by atoms with E-state index < -0.39 is 17.2 Å². The van der Waals surface area contributed by atoms with Crippen LogP contribution in [-0.2, 0) is 12.1 Å². The van der Waals surface area contributed by atoms with E-state index in [2.05, 4.69) is 14.9 Å². The highest BCUT2D eigenvalue weighted by Crippen LogP contribution is 2.52. The molecule has 8 heteroatoms. The summed E-state index contributed by atoms with van der Waals surface area (Å²) in [5, 5.41) is 11.5. The highest BCUT2D eigenvalue weighted by atomic mass is 19.2. The van der Waals surface area contributed by atoms with Gasteiger partial charge in [0, 0.05) is 31.7 Å². The minimum atomic E-state index is -1.09. The molecule has 2 aromatic rings. The minimum absolute atomic E-state index is 0.0105. The Morgan fingerprint density at radius 2 is 2.04 bits per heavy atom. The number of benzene rings is 1. The molecule has 1 aliphatic carbocycles. The van der Waals surface area contributed by atoms with Gasteiger partial charge in [0.2, 0.25) is 5.88 Å². The van der Waals surface area contributed by atoms with Crippen LogP contribution < -0.4 is 9.47 Å². The second kappa shape index (κ2) is 7.25. The molecule has 0 radical (unpaired) electrons. The smallest absolute Gasteiger partial charge is 0.319 e. The molecule has 4 rings (SSSR count). The zero-order valence-corrected chi connectivity index (χ0v) is 15.9. The molecule has 3 atom stereocenters. The van der Waals surface area contributed by atoms with E-state index in [0.717, 1.165) is 19.0 Å². The number of hydrogen-bond acceptors (Lipinski definition) is 6. The van der Waals surface area contributed by atoms with Crippen LogP contribution in [0.3, 0.4) is 0 Å². The predicted octanol–water partition coefficient (Wildman–Crippen LogP) is 2.50. The van der Waals surface area contributed by atoms with Gasteiger partial charge in [0.25, 0.3) is 0 Å².